The van der Waals surface area contributed by atoms with E-state index in [0.29, 0.717) is 5.92 Å². The average Bonchev–Trinajstić information content (AvgIpc) is 2.58. The molecule has 2 rings (SSSR count). The third-order valence-corrected chi connectivity index (χ3v) is 5.92. The van der Waals surface area contributed by atoms with Gasteiger partial charge in [-0.05, 0) is 62.8 Å². The van der Waals surface area contributed by atoms with Gasteiger partial charge in [0.2, 0.25) is 0 Å². The molecule has 4 nitrogen and oxygen atoms in total. The summed E-state index contributed by atoms with van der Waals surface area (Å²) in [4.78, 5) is 25.3. The number of carbonyl (C=O) groups excluding carboxylic acids is 2. The Labute approximate surface area is 155 Å². The summed E-state index contributed by atoms with van der Waals surface area (Å²) in [5.41, 5.74) is 2.43. The van der Waals surface area contributed by atoms with Crippen LogP contribution >= 0.6 is 11.8 Å². The van der Waals surface area contributed by atoms with E-state index < -0.39 is 6.10 Å². The van der Waals surface area contributed by atoms with Gasteiger partial charge in [0.25, 0.3) is 5.91 Å². The maximum absolute atomic E-state index is 12.3. The van der Waals surface area contributed by atoms with Crippen LogP contribution in [0.15, 0.2) is 23.1 Å². The van der Waals surface area contributed by atoms with E-state index in [0.717, 1.165) is 24.2 Å². The molecular weight excluding hydrogens is 334 g/mol. The van der Waals surface area contributed by atoms with Crippen molar-refractivity contribution < 1.29 is 14.3 Å². The van der Waals surface area contributed by atoms with Crippen molar-refractivity contribution >= 4 is 23.6 Å². The lowest BCUT2D eigenvalue weighted by Gasteiger charge is -2.30. The van der Waals surface area contributed by atoms with Gasteiger partial charge in [-0.15, -0.1) is 11.8 Å². The van der Waals surface area contributed by atoms with Gasteiger partial charge in [0, 0.05) is 10.9 Å². The fourth-order valence-electron chi connectivity index (χ4n) is 3.06. The molecule has 1 aliphatic rings. The van der Waals surface area contributed by atoms with Crippen molar-refractivity contribution in [2.45, 2.75) is 70.4 Å². The zero-order valence-corrected chi connectivity index (χ0v) is 16.4. The first-order valence-corrected chi connectivity index (χ1v) is 10.0. The van der Waals surface area contributed by atoms with E-state index in [4.69, 9.17) is 4.74 Å². The van der Waals surface area contributed by atoms with Crippen LogP contribution in [0.5, 0.6) is 0 Å². The molecule has 0 saturated heterocycles. The minimum absolute atomic E-state index is 0.191. The fourth-order valence-corrected chi connectivity index (χ4v) is 3.84. The monoisotopic (exact) mass is 363 g/mol. The summed E-state index contributed by atoms with van der Waals surface area (Å²) < 4.78 is 5.29. The zero-order valence-electron chi connectivity index (χ0n) is 15.6. The first-order chi connectivity index (χ1) is 11.9. The topological polar surface area (TPSA) is 55.4 Å². The van der Waals surface area contributed by atoms with Crippen molar-refractivity contribution in [1.82, 2.24) is 5.32 Å². The van der Waals surface area contributed by atoms with E-state index in [1.165, 1.54) is 29.3 Å². The number of nitrogens with one attached hydrogen (secondary N) is 1. The molecular formula is C20H29NO3S. The predicted octanol–water partition coefficient (Wildman–Crippen LogP) is 4.02. The molecule has 0 spiro atoms. The lowest BCUT2D eigenvalue weighted by molar-refractivity contribution is -0.152. The molecule has 0 aliphatic heterocycles. The minimum Gasteiger partial charge on any atom is -0.452 e. The second-order valence-electron chi connectivity index (χ2n) is 7.04. The molecule has 1 aromatic carbocycles. The fraction of sp³-hybridized carbons (Fsp3) is 0.600. The third-order valence-electron chi connectivity index (χ3n) is 4.95. The summed E-state index contributed by atoms with van der Waals surface area (Å²) >= 11 is 1.43. The lowest BCUT2D eigenvalue weighted by Crippen LogP contribution is -2.46. The van der Waals surface area contributed by atoms with Crippen LogP contribution in [0.4, 0.5) is 0 Å². The van der Waals surface area contributed by atoms with Gasteiger partial charge in [0.15, 0.2) is 6.10 Å². The predicted molar refractivity (Wildman–Crippen MR) is 102 cm³/mol. The molecule has 3 atom stereocenters. The number of hydrogen-bond donors (Lipinski definition) is 1. The van der Waals surface area contributed by atoms with Gasteiger partial charge in [-0.2, -0.15) is 0 Å². The summed E-state index contributed by atoms with van der Waals surface area (Å²) in [6.07, 6.45) is 3.79. The largest absolute Gasteiger partial charge is 0.452 e. The van der Waals surface area contributed by atoms with Gasteiger partial charge in [0.1, 0.15) is 0 Å². The van der Waals surface area contributed by atoms with Crippen LogP contribution in [0.2, 0.25) is 0 Å². The summed E-state index contributed by atoms with van der Waals surface area (Å²) in [5, 5.41) is 3.04. The molecule has 0 radical (unpaired) electrons. The molecule has 0 heterocycles. The van der Waals surface area contributed by atoms with E-state index in [9.17, 15) is 9.59 Å². The van der Waals surface area contributed by atoms with Gasteiger partial charge in [-0.1, -0.05) is 25.8 Å². The maximum Gasteiger partial charge on any atom is 0.317 e. The molecule has 0 aromatic heterocycles. The molecule has 1 aromatic rings. The van der Waals surface area contributed by atoms with Crippen LogP contribution in [0.25, 0.3) is 0 Å². The van der Waals surface area contributed by atoms with Gasteiger partial charge >= 0.3 is 5.97 Å². The average molecular weight is 364 g/mol. The maximum atomic E-state index is 12.3. The van der Waals surface area contributed by atoms with Crippen molar-refractivity contribution in [3.8, 4) is 0 Å². The van der Waals surface area contributed by atoms with E-state index >= 15 is 0 Å². The van der Waals surface area contributed by atoms with Crippen LogP contribution in [0.1, 0.15) is 50.7 Å². The number of amides is 1. The van der Waals surface area contributed by atoms with Crippen LogP contribution in [0, 0.1) is 19.8 Å². The standard InChI is InChI=1S/C20H29NO3S/c1-13-9-10-17(11-15(13)3)25-12-19(22)24-16(4)20(23)21-18-8-6-5-7-14(18)2/h9-11,14,16,18H,5-8,12H2,1-4H3,(H,21,23)/t14-,16+,18+/m0/s1. The third kappa shape index (κ3) is 6.07. The molecule has 1 N–H and O–H groups in total. The van der Waals surface area contributed by atoms with Gasteiger partial charge in [-0.3, -0.25) is 9.59 Å². The Morgan fingerprint density at radius 2 is 1.96 bits per heavy atom. The Balaban J connectivity index is 1.76. The highest BCUT2D eigenvalue weighted by Crippen LogP contribution is 2.24. The summed E-state index contributed by atoms with van der Waals surface area (Å²) in [6, 6.07) is 6.31. The summed E-state index contributed by atoms with van der Waals surface area (Å²) in [5.74, 6) is 0.145. The quantitative estimate of drug-likeness (QED) is 0.613. The van der Waals surface area contributed by atoms with Gasteiger partial charge < -0.3 is 10.1 Å². The SMILES string of the molecule is Cc1ccc(SCC(=O)O[C@H](C)C(=O)N[C@@H]2CCCC[C@@H]2C)cc1C. The molecule has 0 bridgehead atoms. The number of esters is 1. The number of benzene rings is 1. The molecule has 25 heavy (non-hydrogen) atoms. The van der Waals surface area contributed by atoms with Crippen LogP contribution < -0.4 is 5.32 Å². The number of thioether (sulfide) groups is 1. The minimum atomic E-state index is -0.748. The molecule has 1 saturated carbocycles. The highest BCUT2D eigenvalue weighted by atomic mass is 32.2. The number of aryl methyl sites for hydroxylation is 2. The van der Waals surface area contributed by atoms with Crippen molar-refractivity contribution in [3.05, 3.63) is 29.3 Å². The van der Waals surface area contributed by atoms with Crippen molar-refractivity contribution in [1.29, 1.82) is 0 Å². The van der Waals surface area contributed by atoms with Gasteiger partial charge in [0.05, 0.1) is 5.75 Å². The van der Waals surface area contributed by atoms with Crippen molar-refractivity contribution in [3.63, 3.8) is 0 Å². The Bertz CT molecular complexity index is 617. The van der Waals surface area contributed by atoms with Gasteiger partial charge in [-0.25, -0.2) is 0 Å². The molecule has 1 aliphatic carbocycles. The second-order valence-corrected chi connectivity index (χ2v) is 8.09. The number of rotatable bonds is 6. The normalized spacial score (nSPS) is 21.4. The Hall–Kier alpha value is -1.49. The van der Waals surface area contributed by atoms with Crippen LogP contribution in [-0.4, -0.2) is 29.8 Å². The zero-order chi connectivity index (χ0) is 18.4. The molecule has 0 unspecified atom stereocenters. The van der Waals surface area contributed by atoms with Crippen LogP contribution in [-0.2, 0) is 14.3 Å². The molecule has 1 fully saturated rings. The van der Waals surface area contributed by atoms with E-state index in [2.05, 4.69) is 32.2 Å². The Morgan fingerprint density at radius 3 is 2.64 bits per heavy atom. The lowest BCUT2D eigenvalue weighted by atomic mass is 9.86. The Morgan fingerprint density at radius 1 is 1.24 bits per heavy atom. The van der Waals surface area contributed by atoms with Crippen LogP contribution in [0.3, 0.4) is 0 Å². The van der Waals surface area contributed by atoms with Crippen molar-refractivity contribution in [2.24, 2.45) is 5.92 Å². The number of hydrogen-bond acceptors (Lipinski definition) is 4. The summed E-state index contributed by atoms with van der Waals surface area (Å²) in [6.45, 7) is 7.92. The Kier molecular flexibility index (Phi) is 7.36. The number of ether oxygens (including phenoxy) is 1. The molecule has 138 valence electrons. The summed E-state index contributed by atoms with van der Waals surface area (Å²) in [7, 11) is 0. The van der Waals surface area contributed by atoms with Crippen molar-refractivity contribution in [2.75, 3.05) is 5.75 Å². The smallest absolute Gasteiger partial charge is 0.317 e. The first-order valence-electron chi connectivity index (χ1n) is 9.06. The molecule has 5 heteroatoms. The highest BCUT2D eigenvalue weighted by Gasteiger charge is 2.26. The highest BCUT2D eigenvalue weighted by molar-refractivity contribution is 8.00. The second kappa shape index (κ2) is 9.27. The molecule has 1 amide bonds. The first kappa shape index (κ1) is 19.8. The van der Waals surface area contributed by atoms with E-state index in [1.807, 2.05) is 12.1 Å². The number of carbonyl (C=O) groups is 2. The van der Waals surface area contributed by atoms with E-state index in [-0.39, 0.29) is 23.7 Å². The van der Waals surface area contributed by atoms with E-state index in [1.54, 1.807) is 6.92 Å².